The molecule has 0 bridgehead atoms. The van der Waals surface area contributed by atoms with Crippen LogP contribution >= 0.6 is 0 Å². The molecule has 2 heterocycles. The zero-order chi connectivity index (χ0) is 15.2. The molecular formula is C12H10F2N4O3. The molecule has 0 saturated carbocycles. The molecule has 0 unspecified atom stereocenters. The molecule has 0 aliphatic heterocycles. The molecule has 7 nitrogen and oxygen atoms in total. The summed E-state index contributed by atoms with van der Waals surface area (Å²) in [7, 11) is 0. The lowest BCUT2D eigenvalue weighted by atomic mass is 10.3. The van der Waals surface area contributed by atoms with Crippen molar-refractivity contribution in [2.24, 2.45) is 0 Å². The second kappa shape index (κ2) is 6.55. The molecule has 2 aromatic heterocycles. The first-order chi connectivity index (χ1) is 10.1. The minimum atomic E-state index is -2.91. The first-order valence-corrected chi connectivity index (χ1v) is 5.79. The van der Waals surface area contributed by atoms with Gasteiger partial charge in [0.05, 0.1) is 23.4 Å². The Hall–Kier alpha value is -2.84. The van der Waals surface area contributed by atoms with Crippen LogP contribution in [0.2, 0.25) is 0 Å². The third-order valence-electron chi connectivity index (χ3n) is 2.44. The molecule has 0 aliphatic rings. The number of ether oxygens (including phenoxy) is 1. The van der Waals surface area contributed by atoms with Crippen LogP contribution in [0.1, 0.15) is 5.69 Å². The summed E-state index contributed by atoms with van der Waals surface area (Å²) < 4.78 is 28.1. The highest BCUT2D eigenvalue weighted by molar-refractivity contribution is 5.55. The number of alkyl halides is 2. The van der Waals surface area contributed by atoms with Crippen molar-refractivity contribution in [1.29, 1.82) is 0 Å². The molecule has 0 aromatic carbocycles. The Morgan fingerprint density at radius 2 is 2.14 bits per heavy atom. The summed E-state index contributed by atoms with van der Waals surface area (Å²) in [6, 6.07) is 5.59. The maximum atomic E-state index is 12.0. The zero-order valence-corrected chi connectivity index (χ0v) is 10.6. The second-order valence-electron chi connectivity index (χ2n) is 3.85. The van der Waals surface area contributed by atoms with Crippen molar-refractivity contribution in [3.05, 3.63) is 52.5 Å². The van der Waals surface area contributed by atoms with Gasteiger partial charge < -0.3 is 10.1 Å². The number of anilines is 1. The Bertz CT molecular complexity index is 622. The molecule has 1 N–H and O–H groups in total. The Labute approximate surface area is 117 Å². The summed E-state index contributed by atoms with van der Waals surface area (Å²) >= 11 is 0. The summed E-state index contributed by atoms with van der Waals surface area (Å²) in [6.45, 7) is -2.75. The van der Waals surface area contributed by atoms with Crippen LogP contribution in [0.25, 0.3) is 0 Å². The molecule has 0 radical (unpaired) electrons. The molecule has 2 aromatic rings. The fraction of sp³-hybridized carbons (Fsp3) is 0.167. The quantitative estimate of drug-likeness (QED) is 0.651. The predicted octanol–water partition coefficient (Wildman–Crippen LogP) is 2.60. The van der Waals surface area contributed by atoms with E-state index in [1.807, 2.05) is 0 Å². The normalized spacial score (nSPS) is 10.4. The van der Waals surface area contributed by atoms with Crippen LogP contribution in [0.4, 0.5) is 20.3 Å². The maximum absolute atomic E-state index is 12.0. The summed E-state index contributed by atoms with van der Waals surface area (Å²) in [5.41, 5.74) is 0.340. The van der Waals surface area contributed by atoms with Crippen molar-refractivity contribution in [3.8, 4) is 5.75 Å². The van der Waals surface area contributed by atoms with Gasteiger partial charge in [-0.3, -0.25) is 15.1 Å². The zero-order valence-electron chi connectivity index (χ0n) is 10.6. The number of nitro groups is 1. The van der Waals surface area contributed by atoms with Crippen LogP contribution < -0.4 is 10.1 Å². The molecule has 0 atom stereocenters. The van der Waals surface area contributed by atoms with E-state index in [4.69, 9.17) is 0 Å². The average molecular weight is 296 g/mol. The maximum Gasteiger partial charge on any atom is 0.387 e. The first kappa shape index (κ1) is 14.6. The van der Waals surface area contributed by atoms with Crippen LogP contribution in [0, 0.1) is 10.1 Å². The van der Waals surface area contributed by atoms with Gasteiger partial charge in [0.1, 0.15) is 5.75 Å². The van der Waals surface area contributed by atoms with Crippen LogP contribution in [-0.4, -0.2) is 21.5 Å². The Morgan fingerprint density at radius 1 is 1.33 bits per heavy atom. The molecule has 0 aliphatic carbocycles. The largest absolute Gasteiger partial charge is 0.433 e. The van der Waals surface area contributed by atoms with E-state index in [2.05, 4.69) is 20.0 Å². The fourth-order valence-electron chi connectivity index (χ4n) is 1.54. The van der Waals surface area contributed by atoms with E-state index in [9.17, 15) is 18.9 Å². The molecule has 0 spiro atoms. The topological polar surface area (TPSA) is 90.2 Å². The number of hydrogen-bond acceptors (Lipinski definition) is 6. The van der Waals surface area contributed by atoms with E-state index < -0.39 is 11.5 Å². The lowest BCUT2D eigenvalue weighted by Gasteiger charge is -2.07. The van der Waals surface area contributed by atoms with Gasteiger partial charge >= 0.3 is 12.3 Å². The van der Waals surface area contributed by atoms with Crippen molar-refractivity contribution in [2.75, 3.05) is 5.32 Å². The van der Waals surface area contributed by atoms with Crippen LogP contribution in [0.5, 0.6) is 5.75 Å². The first-order valence-electron chi connectivity index (χ1n) is 5.79. The SMILES string of the molecule is O=[N+]([O-])c1cccnc1NCc1ccc(OC(F)F)cn1. The number of pyridine rings is 2. The van der Waals surface area contributed by atoms with Gasteiger partial charge in [-0.15, -0.1) is 0 Å². The highest BCUT2D eigenvalue weighted by Crippen LogP contribution is 2.21. The van der Waals surface area contributed by atoms with Gasteiger partial charge in [0.25, 0.3) is 0 Å². The fourth-order valence-corrected chi connectivity index (χ4v) is 1.54. The Morgan fingerprint density at radius 3 is 2.76 bits per heavy atom. The third kappa shape index (κ3) is 4.06. The van der Waals surface area contributed by atoms with E-state index in [1.54, 1.807) is 0 Å². The van der Waals surface area contributed by atoms with Gasteiger partial charge in [-0.25, -0.2) is 4.98 Å². The highest BCUT2D eigenvalue weighted by atomic mass is 19.3. The van der Waals surface area contributed by atoms with Gasteiger partial charge in [-0.2, -0.15) is 8.78 Å². The Balaban J connectivity index is 2.02. The summed E-state index contributed by atoms with van der Waals surface area (Å²) in [5.74, 6) is 0.0507. The van der Waals surface area contributed by atoms with E-state index >= 15 is 0 Å². The van der Waals surface area contributed by atoms with Crippen molar-refractivity contribution < 1.29 is 18.4 Å². The van der Waals surface area contributed by atoms with E-state index in [0.29, 0.717) is 5.69 Å². The molecule has 110 valence electrons. The van der Waals surface area contributed by atoms with Crippen molar-refractivity contribution in [2.45, 2.75) is 13.2 Å². The van der Waals surface area contributed by atoms with Gasteiger partial charge in [0.2, 0.25) is 5.82 Å². The summed E-state index contributed by atoms with van der Waals surface area (Å²) in [5, 5.41) is 13.6. The van der Waals surface area contributed by atoms with Gasteiger partial charge in [-0.1, -0.05) is 0 Å². The standard InChI is InChI=1S/C12H10F2N4O3/c13-12(14)21-9-4-3-8(16-7-9)6-17-11-10(18(19)20)2-1-5-15-11/h1-5,7,12H,6H2,(H,15,17). The van der Waals surface area contributed by atoms with Gasteiger partial charge in [0, 0.05) is 12.3 Å². The van der Waals surface area contributed by atoms with Crippen molar-refractivity contribution >= 4 is 11.5 Å². The Kier molecular flexibility index (Phi) is 4.54. The van der Waals surface area contributed by atoms with E-state index in [1.165, 1.54) is 30.5 Å². The van der Waals surface area contributed by atoms with Crippen LogP contribution in [0.15, 0.2) is 36.7 Å². The van der Waals surface area contributed by atoms with Gasteiger partial charge in [-0.05, 0) is 18.2 Å². The molecule has 9 heteroatoms. The van der Waals surface area contributed by atoms with E-state index in [0.717, 1.165) is 6.20 Å². The molecule has 0 amide bonds. The number of halogens is 2. The number of rotatable bonds is 6. The lowest BCUT2D eigenvalue weighted by Crippen LogP contribution is -2.06. The molecular weight excluding hydrogens is 286 g/mol. The summed E-state index contributed by atoms with van der Waals surface area (Å²) in [6.07, 6.45) is 2.57. The predicted molar refractivity (Wildman–Crippen MR) is 69.1 cm³/mol. The minimum Gasteiger partial charge on any atom is -0.433 e. The van der Waals surface area contributed by atoms with Crippen LogP contribution in [-0.2, 0) is 6.54 Å². The molecule has 2 rings (SSSR count). The summed E-state index contributed by atoms with van der Waals surface area (Å²) in [4.78, 5) is 18.0. The highest BCUT2D eigenvalue weighted by Gasteiger charge is 2.13. The van der Waals surface area contributed by atoms with Crippen molar-refractivity contribution in [3.63, 3.8) is 0 Å². The number of nitrogens with zero attached hydrogens (tertiary/aromatic N) is 3. The molecule has 21 heavy (non-hydrogen) atoms. The van der Waals surface area contributed by atoms with E-state index in [-0.39, 0.29) is 23.8 Å². The minimum absolute atomic E-state index is 0.0578. The smallest absolute Gasteiger partial charge is 0.387 e. The van der Waals surface area contributed by atoms with Crippen molar-refractivity contribution in [1.82, 2.24) is 9.97 Å². The third-order valence-corrected chi connectivity index (χ3v) is 2.44. The lowest BCUT2D eigenvalue weighted by molar-refractivity contribution is -0.384. The number of nitrogens with one attached hydrogen (secondary N) is 1. The molecule has 0 fully saturated rings. The average Bonchev–Trinajstić information content (AvgIpc) is 2.46. The monoisotopic (exact) mass is 296 g/mol. The second-order valence-corrected chi connectivity index (χ2v) is 3.85. The number of aromatic nitrogens is 2. The van der Waals surface area contributed by atoms with Crippen LogP contribution in [0.3, 0.4) is 0 Å². The molecule has 0 saturated heterocycles. The number of hydrogen-bond donors (Lipinski definition) is 1. The van der Waals surface area contributed by atoms with Gasteiger partial charge in [0.15, 0.2) is 0 Å².